The number of aromatic nitrogens is 1. The predicted molar refractivity (Wildman–Crippen MR) is 161 cm³/mol. The van der Waals surface area contributed by atoms with Crippen LogP contribution in [-0.2, 0) is 33.6 Å². The summed E-state index contributed by atoms with van der Waals surface area (Å²) in [6, 6.07) is 23.7. The zero-order valence-electron chi connectivity index (χ0n) is 23.5. The summed E-state index contributed by atoms with van der Waals surface area (Å²) in [5.41, 5.74) is 5.61. The van der Waals surface area contributed by atoms with E-state index in [4.69, 9.17) is 5.21 Å². The van der Waals surface area contributed by atoms with Gasteiger partial charge in [0.2, 0.25) is 17.7 Å². The summed E-state index contributed by atoms with van der Waals surface area (Å²) in [4.78, 5) is 42.2. The van der Waals surface area contributed by atoms with Crippen molar-refractivity contribution in [3.8, 4) is 5.75 Å². The number of hydrogen-bond donors (Lipinski definition) is 6. The Morgan fingerprint density at radius 2 is 1.52 bits per heavy atom. The number of hydroxylamine groups is 1. The number of carbonyl (C=O) groups is 3. The molecule has 1 heterocycles. The number of fused-ring (bicyclic) bond motifs is 1. The number of rotatable bonds is 15. The zero-order chi connectivity index (χ0) is 29.7. The van der Waals surface area contributed by atoms with Crippen molar-refractivity contribution in [1.82, 2.24) is 21.1 Å². The van der Waals surface area contributed by atoms with Crippen molar-refractivity contribution in [3.05, 3.63) is 102 Å². The minimum atomic E-state index is -0.857. The number of nitrogens with one attached hydrogen (secondary N) is 4. The molecule has 9 nitrogen and oxygen atoms in total. The van der Waals surface area contributed by atoms with E-state index in [9.17, 15) is 19.5 Å². The summed E-state index contributed by atoms with van der Waals surface area (Å²) in [6.07, 6.45) is 5.17. The second kappa shape index (κ2) is 15.4. The van der Waals surface area contributed by atoms with E-state index < -0.39 is 23.8 Å². The largest absolute Gasteiger partial charge is 0.508 e. The van der Waals surface area contributed by atoms with Crippen molar-refractivity contribution in [3.63, 3.8) is 0 Å². The number of hydrogen-bond acceptors (Lipinski definition) is 5. The quantitative estimate of drug-likeness (QED) is 0.0722. The number of amides is 3. The first kappa shape index (κ1) is 30.3. The number of H-pyrrole nitrogens is 1. The van der Waals surface area contributed by atoms with Gasteiger partial charge in [-0.3, -0.25) is 19.6 Å². The fourth-order valence-corrected chi connectivity index (χ4v) is 5.09. The van der Waals surface area contributed by atoms with Crippen LogP contribution in [0.5, 0.6) is 5.75 Å². The maximum atomic E-state index is 13.5. The number of phenols is 1. The minimum absolute atomic E-state index is 0.197. The Morgan fingerprint density at radius 1 is 0.810 bits per heavy atom. The maximum Gasteiger partial charge on any atom is 0.244 e. The molecule has 0 saturated carbocycles. The van der Waals surface area contributed by atoms with Crippen molar-refractivity contribution >= 4 is 28.6 Å². The molecule has 0 aliphatic carbocycles. The molecule has 2 atom stereocenters. The number of aromatic amines is 1. The maximum absolute atomic E-state index is 13.5. The van der Waals surface area contributed by atoms with Crippen molar-refractivity contribution in [2.24, 2.45) is 5.92 Å². The fourth-order valence-electron chi connectivity index (χ4n) is 5.09. The first-order chi connectivity index (χ1) is 20.4. The van der Waals surface area contributed by atoms with Gasteiger partial charge in [-0.05, 0) is 60.6 Å². The number of unbranched alkanes of at least 4 members (excludes halogenated alkanes) is 1. The van der Waals surface area contributed by atoms with E-state index >= 15 is 0 Å². The van der Waals surface area contributed by atoms with Crippen molar-refractivity contribution in [2.75, 3.05) is 6.54 Å². The SMILES string of the molecule is O=C(C[C@@H](CCCCc1ccc(O)cc1)C(=O)N[C@@H](Cc1c[nH]c2ccccc12)C(=O)NCCc1ccccc1)NO. The summed E-state index contributed by atoms with van der Waals surface area (Å²) in [7, 11) is 0. The van der Waals surface area contributed by atoms with Crippen LogP contribution in [0.2, 0.25) is 0 Å². The number of phenolic OH excluding ortho intramolecular Hbond substituents is 1. The van der Waals surface area contributed by atoms with E-state index in [-0.39, 0.29) is 24.5 Å². The summed E-state index contributed by atoms with van der Waals surface area (Å²) in [6.45, 7) is 0.413. The zero-order valence-corrected chi connectivity index (χ0v) is 23.5. The van der Waals surface area contributed by atoms with Crippen LogP contribution in [-0.4, -0.2) is 45.6 Å². The van der Waals surface area contributed by atoms with Gasteiger partial charge in [-0.25, -0.2) is 5.48 Å². The van der Waals surface area contributed by atoms with Gasteiger partial charge in [0.1, 0.15) is 11.8 Å². The molecule has 220 valence electrons. The van der Waals surface area contributed by atoms with Gasteiger partial charge in [0.25, 0.3) is 0 Å². The Hall–Kier alpha value is -4.63. The number of aryl methyl sites for hydroxylation is 1. The molecule has 9 heteroatoms. The van der Waals surface area contributed by atoms with Crippen LogP contribution in [0.1, 0.15) is 42.4 Å². The fraction of sp³-hybridized carbons (Fsp3) is 0.303. The van der Waals surface area contributed by atoms with Crippen molar-refractivity contribution in [1.29, 1.82) is 0 Å². The van der Waals surface area contributed by atoms with Crippen LogP contribution < -0.4 is 16.1 Å². The third-order valence-electron chi connectivity index (χ3n) is 7.42. The molecule has 4 aromatic rings. The Bertz CT molecular complexity index is 1450. The lowest BCUT2D eigenvalue weighted by Crippen LogP contribution is -2.50. The molecule has 3 aromatic carbocycles. The third kappa shape index (κ3) is 8.94. The van der Waals surface area contributed by atoms with Gasteiger partial charge < -0.3 is 20.7 Å². The van der Waals surface area contributed by atoms with Gasteiger partial charge in [-0.1, -0.05) is 67.1 Å². The Balaban J connectivity index is 1.43. The van der Waals surface area contributed by atoms with Gasteiger partial charge in [0.15, 0.2) is 0 Å². The minimum Gasteiger partial charge on any atom is -0.508 e. The summed E-state index contributed by atoms with van der Waals surface area (Å²) < 4.78 is 0. The second-order valence-electron chi connectivity index (χ2n) is 10.5. The van der Waals surface area contributed by atoms with Gasteiger partial charge in [-0.2, -0.15) is 0 Å². The molecule has 0 radical (unpaired) electrons. The molecule has 0 aliphatic rings. The number of carbonyl (C=O) groups excluding carboxylic acids is 3. The van der Waals surface area contributed by atoms with Gasteiger partial charge >= 0.3 is 0 Å². The molecule has 0 bridgehead atoms. The Kier molecular flexibility index (Phi) is 11.1. The van der Waals surface area contributed by atoms with E-state index in [2.05, 4.69) is 15.6 Å². The smallest absolute Gasteiger partial charge is 0.244 e. The molecule has 6 N–H and O–H groups in total. The van der Waals surface area contributed by atoms with E-state index in [1.807, 2.05) is 72.9 Å². The van der Waals surface area contributed by atoms with Crippen LogP contribution in [0.15, 0.2) is 85.1 Å². The van der Waals surface area contributed by atoms with Crippen LogP contribution in [0, 0.1) is 5.92 Å². The second-order valence-corrected chi connectivity index (χ2v) is 10.5. The van der Waals surface area contributed by atoms with Crippen LogP contribution in [0.25, 0.3) is 10.9 Å². The molecule has 0 saturated heterocycles. The highest BCUT2D eigenvalue weighted by molar-refractivity contribution is 5.91. The first-order valence-corrected chi connectivity index (χ1v) is 14.3. The van der Waals surface area contributed by atoms with E-state index in [1.165, 1.54) is 0 Å². The first-order valence-electron chi connectivity index (χ1n) is 14.3. The average molecular weight is 571 g/mol. The molecule has 4 rings (SSSR count). The van der Waals surface area contributed by atoms with E-state index in [0.717, 1.165) is 40.4 Å². The molecule has 42 heavy (non-hydrogen) atoms. The standard InChI is InChI=1S/C33H38N4O5/c38-27-16-14-24(15-17-27)10-4-5-11-25(21-31(39)37-42)32(40)36-30(20-26-22-35-29-13-7-6-12-28(26)29)33(41)34-19-18-23-8-2-1-3-9-23/h1-3,6-9,12-17,22,25,30,35,38,42H,4-5,10-11,18-21H2,(H,34,41)(H,36,40)(H,37,39)/t25-,30+/m1/s1. The van der Waals surface area contributed by atoms with Gasteiger partial charge in [-0.15, -0.1) is 0 Å². The topological polar surface area (TPSA) is 144 Å². The number of aromatic hydroxyl groups is 1. The van der Waals surface area contributed by atoms with Crippen LogP contribution >= 0.6 is 0 Å². The summed E-state index contributed by atoms with van der Waals surface area (Å²) >= 11 is 0. The Labute approximate surface area is 245 Å². The van der Waals surface area contributed by atoms with E-state index in [1.54, 1.807) is 17.6 Å². The highest BCUT2D eigenvalue weighted by Gasteiger charge is 2.28. The highest BCUT2D eigenvalue weighted by Crippen LogP contribution is 2.21. The number of benzene rings is 3. The molecule has 0 unspecified atom stereocenters. The summed E-state index contributed by atoms with van der Waals surface area (Å²) in [5, 5.41) is 25.4. The molecular formula is C33H38N4O5. The van der Waals surface area contributed by atoms with Gasteiger partial charge in [0.05, 0.1) is 0 Å². The molecule has 0 fully saturated rings. The lowest BCUT2D eigenvalue weighted by molar-refractivity contribution is -0.136. The lowest BCUT2D eigenvalue weighted by atomic mass is 9.94. The monoisotopic (exact) mass is 570 g/mol. The van der Waals surface area contributed by atoms with Crippen molar-refractivity contribution in [2.45, 2.75) is 51.0 Å². The lowest BCUT2D eigenvalue weighted by Gasteiger charge is -2.22. The summed E-state index contributed by atoms with van der Waals surface area (Å²) in [5.74, 6) is -1.89. The average Bonchev–Trinajstić information content (AvgIpc) is 3.42. The number of para-hydroxylation sites is 1. The van der Waals surface area contributed by atoms with Crippen molar-refractivity contribution < 1.29 is 24.7 Å². The molecule has 1 aromatic heterocycles. The van der Waals surface area contributed by atoms with E-state index in [0.29, 0.717) is 25.8 Å². The molecular weight excluding hydrogens is 532 g/mol. The molecule has 0 aliphatic heterocycles. The van der Waals surface area contributed by atoms with Crippen LogP contribution in [0.4, 0.5) is 0 Å². The third-order valence-corrected chi connectivity index (χ3v) is 7.42. The molecule has 0 spiro atoms. The normalized spacial score (nSPS) is 12.4. The Morgan fingerprint density at radius 3 is 2.29 bits per heavy atom. The highest BCUT2D eigenvalue weighted by atomic mass is 16.5. The molecule has 3 amide bonds. The predicted octanol–water partition coefficient (Wildman–Crippen LogP) is 4.18. The van der Waals surface area contributed by atoms with Gasteiger partial charge in [0, 0.05) is 42.4 Å². The van der Waals surface area contributed by atoms with Crippen LogP contribution in [0.3, 0.4) is 0 Å².